The lowest BCUT2D eigenvalue weighted by Crippen LogP contribution is -2.27. The van der Waals surface area contributed by atoms with Crippen molar-refractivity contribution >= 4 is 28.4 Å². The Morgan fingerprint density at radius 1 is 1.15 bits per heavy atom. The number of carbonyl (C=O) groups is 1. The number of aromatic nitrogens is 2. The molecule has 6 heteroatoms. The first-order valence-electron chi connectivity index (χ1n) is 11.4. The van der Waals surface area contributed by atoms with Crippen molar-refractivity contribution < 1.29 is 13.9 Å². The number of hydrogen-bond acceptors (Lipinski definition) is 4. The van der Waals surface area contributed by atoms with Gasteiger partial charge in [-0.3, -0.25) is 4.79 Å². The average Bonchev–Trinajstić information content (AvgIpc) is 3.34. The summed E-state index contributed by atoms with van der Waals surface area (Å²) in [6.07, 6.45) is 0.941. The van der Waals surface area contributed by atoms with Crippen LogP contribution in [0.2, 0.25) is 5.02 Å². The molecule has 0 spiro atoms. The number of Topliss-reactive ketones (excluding diaryl/α,β-unsaturated/α-hetero) is 1. The lowest BCUT2D eigenvalue weighted by atomic mass is 9.90. The molecule has 0 aliphatic heterocycles. The van der Waals surface area contributed by atoms with Gasteiger partial charge in [0.2, 0.25) is 0 Å². The molecule has 3 aromatic heterocycles. The van der Waals surface area contributed by atoms with Crippen LogP contribution in [0.25, 0.3) is 22.2 Å². The highest BCUT2D eigenvalue weighted by molar-refractivity contribution is 6.30. The zero-order valence-corrected chi connectivity index (χ0v) is 21.6. The molecule has 0 radical (unpaired) electrons. The molecule has 0 unspecified atom stereocenters. The van der Waals surface area contributed by atoms with E-state index >= 15 is 0 Å². The highest BCUT2D eigenvalue weighted by Gasteiger charge is 2.32. The summed E-state index contributed by atoms with van der Waals surface area (Å²) in [6.45, 7) is 14.2. The van der Waals surface area contributed by atoms with Crippen molar-refractivity contribution in [3.63, 3.8) is 0 Å². The first-order chi connectivity index (χ1) is 16.0. The highest BCUT2D eigenvalue weighted by atomic mass is 35.5. The van der Waals surface area contributed by atoms with Crippen LogP contribution in [0.5, 0.6) is 0 Å². The zero-order chi connectivity index (χ0) is 24.8. The van der Waals surface area contributed by atoms with E-state index in [2.05, 4.69) is 18.4 Å². The number of nitrogens with zero attached hydrogens (tertiary/aromatic N) is 2. The minimum Gasteiger partial charge on any atom is -0.467 e. The summed E-state index contributed by atoms with van der Waals surface area (Å²) in [4.78, 5) is 18.0. The van der Waals surface area contributed by atoms with Crippen LogP contribution in [-0.2, 0) is 16.1 Å². The van der Waals surface area contributed by atoms with Gasteiger partial charge in [0.1, 0.15) is 17.5 Å². The molecule has 178 valence electrons. The molecule has 0 aliphatic carbocycles. The van der Waals surface area contributed by atoms with Gasteiger partial charge in [-0.2, -0.15) is 0 Å². The van der Waals surface area contributed by atoms with Crippen molar-refractivity contribution in [2.24, 2.45) is 0 Å². The topological polar surface area (TPSA) is 57.3 Å². The third kappa shape index (κ3) is 4.55. The molecular formula is C28H31ClN2O3. The van der Waals surface area contributed by atoms with Gasteiger partial charge < -0.3 is 13.7 Å². The molecule has 0 fully saturated rings. The summed E-state index contributed by atoms with van der Waals surface area (Å²) in [7, 11) is 0. The van der Waals surface area contributed by atoms with Crippen LogP contribution in [0, 0.1) is 20.8 Å². The van der Waals surface area contributed by atoms with Crippen molar-refractivity contribution in [3.8, 4) is 11.1 Å². The van der Waals surface area contributed by atoms with Gasteiger partial charge in [0, 0.05) is 32.9 Å². The van der Waals surface area contributed by atoms with Gasteiger partial charge in [-0.15, -0.1) is 0 Å². The third-order valence-corrected chi connectivity index (χ3v) is 6.37. The lowest BCUT2D eigenvalue weighted by molar-refractivity contribution is -0.138. The van der Waals surface area contributed by atoms with Gasteiger partial charge >= 0.3 is 0 Å². The van der Waals surface area contributed by atoms with Crippen molar-refractivity contribution in [2.45, 2.75) is 66.7 Å². The Kier molecular flexibility index (Phi) is 6.45. The fraction of sp³-hybridized carbons (Fsp3) is 0.357. The van der Waals surface area contributed by atoms with E-state index in [0.717, 1.165) is 50.4 Å². The number of furan rings is 1. The Hall–Kier alpha value is -2.89. The molecule has 1 atom stereocenters. The summed E-state index contributed by atoms with van der Waals surface area (Å²) < 4.78 is 14.1. The van der Waals surface area contributed by atoms with Crippen molar-refractivity contribution in [2.75, 3.05) is 0 Å². The van der Waals surface area contributed by atoms with Crippen molar-refractivity contribution in [1.29, 1.82) is 0 Å². The Balaban J connectivity index is 2.09. The third-order valence-electron chi connectivity index (χ3n) is 6.11. The van der Waals surface area contributed by atoms with E-state index in [1.807, 2.05) is 64.1 Å². The molecule has 0 N–H and O–H groups in total. The standard InChI is InChI=1S/C28H31ClN2O3/c1-16-18(3)31(15-22-9-8-14-33-22)27-23(16)25(20-10-12-21(29)13-11-20)24(17(2)30-27)26(19(4)32)34-28(5,6)7/h8-14,26H,15H2,1-7H3/t26-/m1/s1. The van der Waals surface area contributed by atoms with Crippen molar-refractivity contribution in [3.05, 3.63) is 76.0 Å². The number of aryl methyl sites for hydroxylation is 2. The van der Waals surface area contributed by atoms with Gasteiger partial charge in [0.05, 0.1) is 18.4 Å². The van der Waals surface area contributed by atoms with E-state index in [1.165, 1.54) is 0 Å². The summed E-state index contributed by atoms with van der Waals surface area (Å²) in [5.74, 6) is 0.799. The van der Waals surface area contributed by atoms with E-state index in [0.29, 0.717) is 11.6 Å². The molecule has 1 aromatic carbocycles. The summed E-state index contributed by atoms with van der Waals surface area (Å²) >= 11 is 6.22. The van der Waals surface area contributed by atoms with E-state index in [9.17, 15) is 4.79 Å². The normalized spacial score (nSPS) is 12.9. The number of ketones is 1. The Labute approximate surface area is 205 Å². The summed E-state index contributed by atoms with van der Waals surface area (Å²) in [5, 5.41) is 1.67. The first kappa shape index (κ1) is 24.2. The highest BCUT2D eigenvalue weighted by Crippen LogP contribution is 2.42. The summed E-state index contributed by atoms with van der Waals surface area (Å²) in [5.41, 5.74) is 6.05. The molecule has 4 aromatic rings. The van der Waals surface area contributed by atoms with E-state index in [1.54, 1.807) is 13.2 Å². The zero-order valence-electron chi connectivity index (χ0n) is 20.8. The fourth-order valence-corrected chi connectivity index (χ4v) is 4.61. The predicted octanol–water partition coefficient (Wildman–Crippen LogP) is 7.37. The number of carbonyl (C=O) groups excluding carboxylic acids is 1. The molecule has 0 aliphatic rings. The van der Waals surface area contributed by atoms with Gasteiger partial charge in [-0.05, 0) is 83.9 Å². The Morgan fingerprint density at radius 2 is 1.82 bits per heavy atom. The van der Waals surface area contributed by atoms with Crippen LogP contribution in [0.4, 0.5) is 0 Å². The smallest absolute Gasteiger partial charge is 0.163 e. The molecule has 0 saturated carbocycles. The minimum absolute atomic E-state index is 0.0567. The summed E-state index contributed by atoms with van der Waals surface area (Å²) in [6, 6.07) is 11.6. The molecule has 5 nitrogen and oxygen atoms in total. The largest absolute Gasteiger partial charge is 0.467 e. The maximum atomic E-state index is 12.9. The van der Waals surface area contributed by atoms with Crippen LogP contribution in [0.1, 0.15) is 62.1 Å². The van der Waals surface area contributed by atoms with Gasteiger partial charge in [-0.1, -0.05) is 23.7 Å². The lowest BCUT2D eigenvalue weighted by Gasteiger charge is -2.29. The second-order valence-electron chi connectivity index (χ2n) is 9.79. The molecule has 0 amide bonds. The number of halogens is 1. The second kappa shape index (κ2) is 9.05. The van der Waals surface area contributed by atoms with E-state index in [-0.39, 0.29) is 5.78 Å². The average molecular weight is 479 g/mol. The molecule has 4 rings (SSSR count). The number of rotatable bonds is 6. The molecule has 34 heavy (non-hydrogen) atoms. The van der Waals surface area contributed by atoms with Gasteiger partial charge in [-0.25, -0.2) is 4.98 Å². The maximum Gasteiger partial charge on any atom is 0.163 e. The number of benzene rings is 1. The molecule has 0 saturated heterocycles. The quantitative estimate of drug-likeness (QED) is 0.290. The fourth-order valence-electron chi connectivity index (χ4n) is 4.48. The monoisotopic (exact) mass is 478 g/mol. The Morgan fingerprint density at radius 3 is 2.38 bits per heavy atom. The number of fused-ring (bicyclic) bond motifs is 1. The first-order valence-corrected chi connectivity index (χ1v) is 11.8. The van der Waals surface area contributed by atoms with E-state index in [4.69, 9.17) is 25.7 Å². The van der Waals surface area contributed by atoms with Gasteiger partial charge in [0.15, 0.2) is 5.78 Å². The number of hydrogen-bond donors (Lipinski definition) is 0. The van der Waals surface area contributed by atoms with E-state index < -0.39 is 11.7 Å². The Bertz CT molecular complexity index is 1340. The van der Waals surface area contributed by atoms with Crippen LogP contribution >= 0.6 is 11.6 Å². The molecule has 3 heterocycles. The number of ether oxygens (including phenoxy) is 1. The SMILES string of the molecule is CC(=O)[C@@H](OC(C)(C)C)c1c(C)nc2c(c(C)c(C)n2Cc2ccco2)c1-c1ccc(Cl)cc1. The van der Waals surface area contributed by atoms with Crippen LogP contribution in [0.3, 0.4) is 0 Å². The van der Waals surface area contributed by atoms with Crippen LogP contribution in [0.15, 0.2) is 47.1 Å². The number of pyridine rings is 1. The minimum atomic E-state index is -0.740. The van der Waals surface area contributed by atoms with Crippen LogP contribution < -0.4 is 0 Å². The van der Waals surface area contributed by atoms with Crippen molar-refractivity contribution in [1.82, 2.24) is 9.55 Å². The maximum absolute atomic E-state index is 12.9. The molecular weight excluding hydrogens is 448 g/mol. The predicted molar refractivity (Wildman–Crippen MR) is 136 cm³/mol. The molecule has 0 bridgehead atoms. The second-order valence-corrected chi connectivity index (χ2v) is 10.2. The van der Waals surface area contributed by atoms with Crippen LogP contribution in [-0.4, -0.2) is 20.9 Å². The van der Waals surface area contributed by atoms with Gasteiger partial charge in [0.25, 0.3) is 0 Å².